The highest BCUT2D eigenvalue weighted by molar-refractivity contribution is 5.72. The van der Waals surface area contributed by atoms with Crippen LogP contribution in [0.2, 0.25) is 0 Å². The Bertz CT molecular complexity index is 825. The van der Waals surface area contributed by atoms with Crippen molar-refractivity contribution in [3.05, 3.63) is 40.3 Å². The minimum Gasteiger partial charge on any atom is -0.291 e. The molecule has 0 radical (unpaired) electrons. The van der Waals surface area contributed by atoms with E-state index in [1.54, 1.807) is 26.5 Å². The van der Waals surface area contributed by atoms with E-state index >= 15 is 0 Å². The smallest absolute Gasteiger partial charge is 0.279 e. The average molecular weight is 272 g/mol. The number of aromatic nitrogens is 6. The van der Waals surface area contributed by atoms with Crippen molar-refractivity contribution >= 4 is 11.0 Å². The summed E-state index contributed by atoms with van der Waals surface area (Å²) in [5, 5.41) is 8.53. The van der Waals surface area contributed by atoms with Gasteiger partial charge in [0.1, 0.15) is 5.52 Å². The zero-order chi connectivity index (χ0) is 14.3. The third-order valence-electron chi connectivity index (χ3n) is 3.35. The van der Waals surface area contributed by atoms with Crippen LogP contribution in [0.25, 0.3) is 11.0 Å². The molecule has 0 atom stereocenters. The van der Waals surface area contributed by atoms with Crippen LogP contribution in [0.5, 0.6) is 0 Å². The Balaban J connectivity index is 2.10. The summed E-state index contributed by atoms with van der Waals surface area (Å²) in [5.74, 6) is 0. The van der Waals surface area contributed by atoms with Crippen LogP contribution in [-0.4, -0.2) is 29.1 Å². The first-order valence-corrected chi connectivity index (χ1v) is 6.50. The normalized spacial score (nSPS) is 11.3. The molecule has 0 bridgehead atoms. The van der Waals surface area contributed by atoms with Crippen molar-refractivity contribution in [2.75, 3.05) is 0 Å². The zero-order valence-corrected chi connectivity index (χ0v) is 11.7. The molecular weight excluding hydrogens is 256 g/mol. The highest BCUT2D eigenvalue weighted by Crippen LogP contribution is 2.08. The first-order valence-electron chi connectivity index (χ1n) is 6.50. The number of fused-ring (bicyclic) bond motifs is 1. The lowest BCUT2D eigenvalue weighted by atomic mass is 10.3. The molecule has 3 heterocycles. The van der Waals surface area contributed by atoms with Gasteiger partial charge in [-0.3, -0.25) is 18.7 Å². The van der Waals surface area contributed by atoms with Crippen LogP contribution in [0.1, 0.15) is 18.2 Å². The van der Waals surface area contributed by atoms with Gasteiger partial charge in [0.25, 0.3) is 5.56 Å². The van der Waals surface area contributed by atoms with Crippen molar-refractivity contribution in [1.29, 1.82) is 0 Å². The van der Waals surface area contributed by atoms with Gasteiger partial charge in [0.2, 0.25) is 0 Å². The highest BCUT2D eigenvalue weighted by Gasteiger charge is 2.12. The fourth-order valence-electron chi connectivity index (χ4n) is 2.33. The van der Waals surface area contributed by atoms with Crippen LogP contribution in [0.15, 0.2) is 23.5 Å². The van der Waals surface area contributed by atoms with Crippen molar-refractivity contribution in [3.8, 4) is 0 Å². The van der Waals surface area contributed by atoms with Gasteiger partial charge < -0.3 is 0 Å². The molecule has 3 rings (SSSR count). The van der Waals surface area contributed by atoms with Crippen molar-refractivity contribution in [1.82, 2.24) is 29.1 Å². The molecule has 3 aromatic rings. The largest absolute Gasteiger partial charge is 0.291 e. The summed E-state index contributed by atoms with van der Waals surface area (Å²) in [6.45, 7) is 5.00. The lowest BCUT2D eigenvalue weighted by Gasteiger charge is -2.05. The van der Waals surface area contributed by atoms with E-state index < -0.39 is 0 Å². The maximum absolute atomic E-state index is 12.5. The monoisotopic (exact) mass is 272 g/mol. The van der Waals surface area contributed by atoms with Crippen molar-refractivity contribution in [2.24, 2.45) is 7.05 Å². The lowest BCUT2D eigenvalue weighted by Crippen LogP contribution is -2.23. The molecule has 104 valence electrons. The Morgan fingerprint density at radius 1 is 1.35 bits per heavy atom. The second kappa shape index (κ2) is 4.59. The third kappa shape index (κ3) is 1.91. The molecule has 0 saturated carbocycles. The van der Waals surface area contributed by atoms with Crippen LogP contribution in [0, 0.1) is 6.92 Å². The molecule has 0 aliphatic heterocycles. The van der Waals surface area contributed by atoms with Crippen molar-refractivity contribution in [3.63, 3.8) is 0 Å². The fraction of sp³-hybridized carbons (Fsp3) is 0.385. The summed E-state index contributed by atoms with van der Waals surface area (Å²) >= 11 is 0. The Morgan fingerprint density at radius 2 is 2.15 bits per heavy atom. The predicted octanol–water partition coefficient (Wildman–Crippen LogP) is 0.703. The number of nitrogens with zero attached hydrogens (tertiary/aromatic N) is 6. The lowest BCUT2D eigenvalue weighted by molar-refractivity contribution is 0.660. The molecule has 0 aromatic carbocycles. The van der Waals surface area contributed by atoms with Gasteiger partial charge in [0, 0.05) is 19.8 Å². The molecule has 0 amide bonds. The van der Waals surface area contributed by atoms with Gasteiger partial charge in [-0.1, -0.05) is 0 Å². The number of rotatable bonds is 3. The molecule has 3 aromatic heterocycles. The average Bonchev–Trinajstić information content (AvgIpc) is 2.97. The Morgan fingerprint density at radius 3 is 2.80 bits per heavy atom. The third-order valence-corrected chi connectivity index (χ3v) is 3.35. The van der Waals surface area contributed by atoms with Gasteiger partial charge in [-0.15, -0.1) is 0 Å². The molecule has 7 nitrogen and oxygen atoms in total. The molecule has 20 heavy (non-hydrogen) atoms. The Hall–Kier alpha value is -2.44. The molecule has 0 saturated heterocycles. The Labute approximate surface area is 115 Å². The van der Waals surface area contributed by atoms with Gasteiger partial charge in [-0.05, 0) is 19.4 Å². The van der Waals surface area contributed by atoms with Crippen molar-refractivity contribution < 1.29 is 0 Å². The number of hydrogen-bond donors (Lipinski definition) is 0. The van der Waals surface area contributed by atoms with Gasteiger partial charge in [-0.2, -0.15) is 10.2 Å². The second-order valence-corrected chi connectivity index (χ2v) is 4.80. The molecular formula is C13H16N6O. The fourth-order valence-corrected chi connectivity index (χ4v) is 2.33. The summed E-state index contributed by atoms with van der Waals surface area (Å²) in [7, 11) is 1.87. The maximum Gasteiger partial charge on any atom is 0.279 e. The summed E-state index contributed by atoms with van der Waals surface area (Å²) in [6.07, 6.45) is 5.11. The van der Waals surface area contributed by atoms with Crippen LogP contribution in [-0.2, 0) is 20.1 Å². The number of hydrogen-bond acceptors (Lipinski definition) is 4. The van der Waals surface area contributed by atoms with Gasteiger partial charge in [-0.25, -0.2) is 4.98 Å². The second-order valence-electron chi connectivity index (χ2n) is 4.80. The maximum atomic E-state index is 12.5. The quantitative estimate of drug-likeness (QED) is 0.704. The van der Waals surface area contributed by atoms with E-state index in [9.17, 15) is 4.79 Å². The summed E-state index contributed by atoms with van der Waals surface area (Å²) in [4.78, 5) is 16.8. The molecule has 0 unspecified atom stereocenters. The minimum atomic E-state index is -0.0839. The van der Waals surface area contributed by atoms with E-state index in [1.165, 1.54) is 0 Å². The summed E-state index contributed by atoms with van der Waals surface area (Å²) in [6, 6.07) is 0. The van der Waals surface area contributed by atoms with Crippen LogP contribution >= 0.6 is 0 Å². The first-order chi connectivity index (χ1) is 9.60. The van der Waals surface area contributed by atoms with E-state index in [1.807, 2.05) is 27.1 Å². The van der Waals surface area contributed by atoms with Crippen LogP contribution in [0.3, 0.4) is 0 Å². The standard InChI is InChI=1S/C13H16N6O/c1-4-19-12-10(5-15-19)14-8-18(13(12)20)7-11-9(2)6-17(3)16-11/h5-6,8H,4,7H2,1-3H3. The SMILES string of the molecule is CCn1ncc2ncn(Cc3nn(C)cc3C)c(=O)c21. The Kier molecular flexibility index (Phi) is 2.89. The zero-order valence-electron chi connectivity index (χ0n) is 11.7. The van der Waals surface area contributed by atoms with E-state index in [4.69, 9.17) is 0 Å². The van der Waals surface area contributed by atoms with Gasteiger partial charge in [0.05, 0.1) is 24.8 Å². The summed E-state index contributed by atoms with van der Waals surface area (Å²) in [5.41, 5.74) is 3.02. The molecule has 0 fully saturated rings. The highest BCUT2D eigenvalue weighted by atomic mass is 16.1. The molecule has 0 aliphatic carbocycles. The number of aryl methyl sites for hydroxylation is 3. The van der Waals surface area contributed by atoms with E-state index in [0.717, 1.165) is 11.3 Å². The van der Waals surface area contributed by atoms with Crippen molar-refractivity contribution in [2.45, 2.75) is 26.9 Å². The topological polar surface area (TPSA) is 70.5 Å². The summed E-state index contributed by atoms with van der Waals surface area (Å²) < 4.78 is 5.00. The first kappa shape index (κ1) is 12.6. The van der Waals surface area contributed by atoms with Crippen LogP contribution in [0.4, 0.5) is 0 Å². The van der Waals surface area contributed by atoms with Gasteiger partial charge >= 0.3 is 0 Å². The predicted molar refractivity (Wildman–Crippen MR) is 74.5 cm³/mol. The van der Waals surface area contributed by atoms with E-state index in [2.05, 4.69) is 15.2 Å². The molecule has 7 heteroatoms. The van der Waals surface area contributed by atoms with E-state index in [0.29, 0.717) is 24.1 Å². The minimum absolute atomic E-state index is 0.0839. The molecule has 0 N–H and O–H groups in total. The van der Waals surface area contributed by atoms with Crippen LogP contribution < -0.4 is 5.56 Å². The van der Waals surface area contributed by atoms with E-state index in [-0.39, 0.29) is 5.56 Å². The molecule has 0 spiro atoms. The molecule has 0 aliphatic rings. The van der Waals surface area contributed by atoms with Gasteiger partial charge in [0.15, 0.2) is 5.52 Å².